The van der Waals surface area contributed by atoms with Crippen molar-refractivity contribution in [2.24, 2.45) is 0 Å². The van der Waals surface area contributed by atoms with Gasteiger partial charge in [-0.3, -0.25) is 4.79 Å². The predicted molar refractivity (Wildman–Crippen MR) is 104 cm³/mol. The van der Waals surface area contributed by atoms with E-state index in [1.807, 2.05) is 42.7 Å². The van der Waals surface area contributed by atoms with Gasteiger partial charge in [-0.25, -0.2) is 4.98 Å². The van der Waals surface area contributed by atoms with Crippen molar-refractivity contribution in [3.8, 4) is 0 Å². The molecule has 2 heterocycles. The second kappa shape index (κ2) is 7.79. The van der Waals surface area contributed by atoms with Crippen LogP contribution in [0.25, 0.3) is 0 Å². The van der Waals surface area contributed by atoms with Gasteiger partial charge in [0.05, 0.1) is 5.25 Å². The first-order chi connectivity index (χ1) is 12.8. The van der Waals surface area contributed by atoms with Crippen molar-refractivity contribution in [2.45, 2.75) is 29.5 Å². The lowest BCUT2D eigenvalue weighted by molar-refractivity contribution is -0.120. The summed E-state index contributed by atoms with van der Waals surface area (Å²) in [6, 6.07) is 18.6. The summed E-state index contributed by atoms with van der Waals surface area (Å²) in [6.45, 7) is 1.41. The Morgan fingerprint density at radius 1 is 1.15 bits per heavy atom. The number of benzene rings is 2. The molecule has 1 aliphatic rings. The van der Waals surface area contributed by atoms with Gasteiger partial charge in [-0.15, -0.1) is 11.8 Å². The second-order valence-corrected chi connectivity index (χ2v) is 7.66. The zero-order valence-corrected chi connectivity index (χ0v) is 15.3. The SMILES string of the molecule is O=C(NCCc1nccn1Cc1ccccc1)C1Cc2ccccc2S1. The molecular formula is C21H21N3OS. The molecule has 0 aliphatic carbocycles. The normalized spacial score (nSPS) is 15.6. The number of carbonyl (C=O) groups excluding carboxylic acids is 1. The van der Waals surface area contributed by atoms with Crippen molar-refractivity contribution >= 4 is 17.7 Å². The van der Waals surface area contributed by atoms with Crippen molar-refractivity contribution < 1.29 is 4.79 Å². The van der Waals surface area contributed by atoms with Crippen molar-refractivity contribution in [3.63, 3.8) is 0 Å². The Bertz CT molecular complexity index is 866. The van der Waals surface area contributed by atoms with Gasteiger partial charge in [0, 0.05) is 36.8 Å². The summed E-state index contributed by atoms with van der Waals surface area (Å²) in [4.78, 5) is 18.1. The van der Waals surface area contributed by atoms with E-state index >= 15 is 0 Å². The Balaban J connectivity index is 1.29. The Morgan fingerprint density at radius 3 is 2.81 bits per heavy atom. The molecule has 1 unspecified atom stereocenters. The summed E-state index contributed by atoms with van der Waals surface area (Å²) in [7, 11) is 0. The highest BCUT2D eigenvalue weighted by Crippen LogP contribution is 2.36. The predicted octanol–water partition coefficient (Wildman–Crippen LogP) is 3.31. The molecule has 4 nitrogen and oxygen atoms in total. The van der Waals surface area contributed by atoms with Gasteiger partial charge >= 0.3 is 0 Å². The number of aromatic nitrogens is 2. The third-order valence-corrected chi connectivity index (χ3v) is 5.90. The monoisotopic (exact) mass is 363 g/mol. The van der Waals surface area contributed by atoms with E-state index in [0.717, 1.165) is 25.2 Å². The van der Waals surface area contributed by atoms with Crippen LogP contribution in [-0.2, 0) is 24.2 Å². The van der Waals surface area contributed by atoms with E-state index in [1.54, 1.807) is 11.8 Å². The first-order valence-corrected chi connectivity index (χ1v) is 9.74. The number of amides is 1. The summed E-state index contributed by atoms with van der Waals surface area (Å²) in [6.07, 6.45) is 5.36. The first kappa shape index (κ1) is 16.9. The number of hydrogen-bond donors (Lipinski definition) is 1. The van der Waals surface area contributed by atoms with E-state index in [-0.39, 0.29) is 11.2 Å². The molecule has 0 fully saturated rings. The van der Waals surface area contributed by atoms with Gasteiger partial charge in [-0.2, -0.15) is 0 Å². The molecule has 5 heteroatoms. The fraction of sp³-hybridized carbons (Fsp3) is 0.238. The molecule has 1 atom stereocenters. The lowest BCUT2D eigenvalue weighted by Crippen LogP contribution is -2.34. The third kappa shape index (κ3) is 3.83. The summed E-state index contributed by atoms with van der Waals surface area (Å²) in [5.74, 6) is 1.11. The highest BCUT2D eigenvalue weighted by Gasteiger charge is 2.27. The second-order valence-electron chi connectivity index (χ2n) is 6.42. The molecule has 0 spiro atoms. The molecule has 3 aromatic rings. The maximum Gasteiger partial charge on any atom is 0.233 e. The molecule has 26 heavy (non-hydrogen) atoms. The van der Waals surface area contributed by atoms with Crippen LogP contribution in [0.5, 0.6) is 0 Å². The van der Waals surface area contributed by atoms with Crippen LogP contribution in [0, 0.1) is 0 Å². The topological polar surface area (TPSA) is 46.9 Å². The molecule has 1 aliphatic heterocycles. The van der Waals surface area contributed by atoms with Gasteiger partial charge in [0.15, 0.2) is 0 Å². The van der Waals surface area contributed by atoms with Crippen LogP contribution in [0.15, 0.2) is 71.9 Å². The fourth-order valence-corrected chi connectivity index (χ4v) is 4.45. The lowest BCUT2D eigenvalue weighted by Gasteiger charge is -2.11. The summed E-state index contributed by atoms with van der Waals surface area (Å²) in [5.41, 5.74) is 2.52. The maximum atomic E-state index is 12.5. The van der Waals surface area contributed by atoms with E-state index in [9.17, 15) is 4.79 Å². The third-order valence-electron chi connectivity index (χ3n) is 4.58. The van der Waals surface area contributed by atoms with Crippen LogP contribution < -0.4 is 5.32 Å². The van der Waals surface area contributed by atoms with Crippen molar-refractivity contribution in [3.05, 3.63) is 83.9 Å². The van der Waals surface area contributed by atoms with Crippen molar-refractivity contribution in [1.82, 2.24) is 14.9 Å². The Kier molecular flexibility index (Phi) is 5.07. The van der Waals surface area contributed by atoms with Crippen molar-refractivity contribution in [2.75, 3.05) is 6.54 Å². The minimum Gasteiger partial charge on any atom is -0.355 e. The molecule has 132 valence electrons. The number of fused-ring (bicyclic) bond motifs is 1. The number of thioether (sulfide) groups is 1. The van der Waals surface area contributed by atoms with Crippen LogP contribution in [-0.4, -0.2) is 27.3 Å². The Hall–Kier alpha value is -2.53. The maximum absolute atomic E-state index is 12.5. The molecule has 0 saturated heterocycles. The first-order valence-electron chi connectivity index (χ1n) is 8.86. The van der Waals surface area contributed by atoms with Crippen LogP contribution in [0.2, 0.25) is 0 Å². The average molecular weight is 363 g/mol. The number of nitrogens with zero attached hydrogens (tertiary/aromatic N) is 2. The number of imidazole rings is 1. The van der Waals surface area contributed by atoms with Crippen molar-refractivity contribution in [1.29, 1.82) is 0 Å². The van der Waals surface area contributed by atoms with E-state index < -0.39 is 0 Å². The largest absolute Gasteiger partial charge is 0.355 e. The zero-order valence-electron chi connectivity index (χ0n) is 14.5. The minimum absolute atomic E-state index is 0.0172. The molecular weight excluding hydrogens is 342 g/mol. The summed E-state index contributed by atoms with van der Waals surface area (Å²) >= 11 is 1.66. The molecule has 1 amide bonds. The average Bonchev–Trinajstić information content (AvgIpc) is 3.29. The Labute approximate surface area is 157 Å². The lowest BCUT2D eigenvalue weighted by atomic mass is 10.1. The van der Waals surface area contributed by atoms with E-state index in [2.05, 4.69) is 39.1 Å². The van der Waals surface area contributed by atoms with Crippen LogP contribution >= 0.6 is 11.8 Å². The van der Waals surface area contributed by atoms with E-state index in [4.69, 9.17) is 0 Å². The zero-order chi connectivity index (χ0) is 17.8. The molecule has 2 aromatic carbocycles. The van der Waals surface area contributed by atoms with Gasteiger partial charge in [-0.1, -0.05) is 48.5 Å². The van der Waals surface area contributed by atoms with Gasteiger partial charge in [0.2, 0.25) is 5.91 Å². The standard InChI is InChI=1S/C21H21N3OS/c25-21(19-14-17-8-4-5-9-18(17)26-19)23-11-10-20-22-12-13-24(20)15-16-6-2-1-3-7-16/h1-9,12-13,19H,10-11,14-15H2,(H,23,25). The number of carbonyl (C=O) groups is 1. The van der Waals surface area contributed by atoms with Crippen LogP contribution in [0.1, 0.15) is 17.0 Å². The van der Waals surface area contributed by atoms with Gasteiger partial charge in [0.25, 0.3) is 0 Å². The molecule has 0 radical (unpaired) electrons. The number of nitrogens with one attached hydrogen (secondary N) is 1. The van der Waals surface area contributed by atoms with E-state index in [0.29, 0.717) is 6.54 Å². The molecule has 0 saturated carbocycles. The van der Waals surface area contributed by atoms with Gasteiger partial charge in [-0.05, 0) is 23.6 Å². The molecule has 1 N–H and O–H groups in total. The highest BCUT2D eigenvalue weighted by atomic mass is 32.2. The van der Waals surface area contributed by atoms with Crippen LogP contribution in [0.4, 0.5) is 0 Å². The number of rotatable bonds is 6. The van der Waals surface area contributed by atoms with Gasteiger partial charge < -0.3 is 9.88 Å². The van der Waals surface area contributed by atoms with Gasteiger partial charge in [0.1, 0.15) is 5.82 Å². The van der Waals surface area contributed by atoms with Crippen LogP contribution in [0.3, 0.4) is 0 Å². The van der Waals surface area contributed by atoms with E-state index in [1.165, 1.54) is 16.0 Å². The fourth-order valence-electron chi connectivity index (χ4n) is 3.23. The number of hydrogen-bond acceptors (Lipinski definition) is 3. The minimum atomic E-state index is -0.0172. The molecule has 1 aromatic heterocycles. The molecule has 0 bridgehead atoms. The highest BCUT2D eigenvalue weighted by molar-refractivity contribution is 8.01. The Morgan fingerprint density at radius 2 is 1.96 bits per heavy atom. The quantitative estimate of drug-likeness (QED) is 0.731. The summed E-state index contributed by atoms with van der Waals surface area (Å²) < 4.78 is 2.14. The summed E-state index contributed by atoms with van der Waals surface area (Å²) in [5, 5.41) is 3.06. The smallest absolute Gasteiger partial charge is 0.233 e. The molecule has 4 rings (SSSR count).